The molecule has 0 saturated carbocycles. The van der Waals surface area contributed by atoms with E-state index >= 15 is 0 Å². The van der Waals surface area contributed by atoms with Gasteiger partial charge in [-0.15, -0.1) is 11.3 Å². The molecule has 1 N–H and O–H groups in total. The highest BCUT2D eigenvalue weighted by Crippen LogP contribution is 2.32. The molecule has 0 aliphatic carbocycles. The number of nitrogens with zero attached hydrogens (tertiary/aromatic N) is 3. The monoisotopic (exact) mass is 296 g/mol. The zero-order valence-corrected chi connectivity index (χ0v) is 11.7. The molecule has 3 rings (SSSR count). The zero-order valence-electron chi connectivity index (χ0n) is 10.2. The van der Waals surface area contributed by atoms with Crippen LogP contribution in [0.15, 0.2) is 22.6 Å². The third-order valence-electron chi connectivity index (χ3n) is 3.34. The van der Waals surface area contributed by atoms with E-state index < -0.39 is 0 Å². The molecule has 1 aliphatic rings. The molecule has 0 amide bonds. The lowest BCUT2D eigenvalue weighted by molar-refractivity contribution is 0.508. The standard InChI is InChI=1S/C12H13ClN4OS/c13-10-9(6-15-16-11(10)18)17-4-1-2-8(7-17)12-14-3-5-19-12/h3,5-6,8H,1-2,4,7H2,(H,16,18). The fourth-order valence-electron chi connectivity index (χ4n) is 2.43. The fourth-order valence-corrected chi connectivity index (χ4v) is 3.41. The van der Waals surface area contributed by atoms with Gasteiger partial charge in [-0.3, -0.25) is 4.79 Å². The maximum Gasteiger partial charge on any atom is 0.285 e. The van der Waals surface area contributed by atoms with Crippen LogP contribution in [0.1, 0.15) is 23.8 Å². The first-order valence-corrected chi connectivity index (χ1v) is 7.39. The second-order valence-electron chi connectivity index (χ2n) is 4.55. The van der Waals surface area contributed by atoms with Crippen molar-refractivity contribution in [1.82, 2.24) is 15.2 Å². The molecule has 2 aromatic heterocycles. The van der Waals surface area contributed by atoms with Crippen LogP contribution in [0.5, 0.6) is 0 Å². The van der Waals surface area contributed by atoms with E-state index in [2.05, 4.69) is 20.1 Å². The summed E-state index contributed by atoms with van der Waals surface area (Å²) in [7, 11) is 0. The van der Waals surface area contributed by atoms with E-state index in [-0.39, 0.29) is 10.6 Å². The highest BCUT2D eigenvalue weighted by molar-refractivity contribution is 7.09. The molecule has 0 radical (unpaired) electrons. The molecule has 100 valence electrons. The van der Waals surface area contributed by atoms with E-state index in [1.807, 2.05) is 11.6 Å². The lowest BCUT2D eigenvalue weighted by Crippen LogP contribution is -2.35. The number of nitrogens with one attached hydrogen (secondary N) is 1. The quantitative estimate of drug-likeness (QED) is 0.923. The van der Waals surface area contributed by atoms with Gasteiger partial charge >= 0.3 is 0 Å². The van der Waals surface area contributed by atoms with Crippen molar-refractivity contribution in [3.05, 3.63) is 38.2 Å². The van der Waals surface area contributed by atoms with E-state index in [0.717, 1.165) is 30.9 Å². The van der Waals surface area contributed by atoms with Crippen LogP contribution in [0.3, 0.4) is 0 Å². The SMILES string of the molecule is O=c1[nH]ncc(N2CCCC(c3nccs3)C2)c1Cl. The van der Waals surface area contributed by atoms with Crippen LogP contribution in [-0.2, 0) is 0 Å². The molecule has 1 unspecified atom stereocenters. The summed E-state index contributed by atoms with van der Waals surface area (Å²) in [4.78, 5) is 18.0. The first-order valence-electron chi connectivity index (χ1n) is 6.13. The van der Waals surface area contributed by atoms with E-state index in [1.165, 1.54) is 0 Å². The van der Waals surface area contributed by atoms with E-state index in [4.69, 9.17) is 11.6 Å². The molecule has 1 aliphatic heterocycles. The molecule has 1 saturated heterocycles. The van der Waals surface area contributed by atoms with E-state index in [1.54, 1.807) is 17.5 Å². The van der Waals surface area contributed by atoms with Crippen molar-refractivity contribution in [3.63, 3.8) is 0 Å². The number of aromatic amines is 1. The Bertz CT molecular complexity index is 612. The van der Waals surface area contributed by atoms with Crippen molar-refractivity contribution in [3.8, 4) is 0 Å². The van der Waals surface area contributed by atoms with Crippen molar-refractivity contribution in [1.29, 1.82) is 0 Å². The Morgan fingerprint density at radius 1 is 1.53 bits per heavy atom. The summed E-state index contributed by atoms with van der Waals surface area (Å²) in [6.45, 7) is 1.73. The second-order valence-corrected chi connectivity index (χ2v) is 5.86. The van der Waals surface area contributed by atoms with Gasteiger partial charge in [-0.2, -0.15) is 5.10 Å². The summed E-state index contributed by atoms with van der Waals surface area (Å²) >= 11 is 7.74. The van der Waals surface area contributed by atoms with Gasteiger partial charge in [-0.05, 0) is 12.8 Å². The van der Waals surface area contributed by atoms with E-state index in [0.29, 0.717) is 11.6 Å². The lowest BCUT2D eigenvalue weighted by atomic mass is 9.98. The molecule has 19 heavy (non-hydrogen) atoms. The van der Waals surface area contributed by atoms with Crippen molar-refractivity contribution >= 4 is 28.6 Å². The molecular weight excluding hydrogens is 284 g/mol. The average Bonchev–Trinajstić information content (AvgIpc) is 2.96. The molecule has 1 fully saturated rings. The van der Waals surface area contributed by atoms with Crippen LogP contribution in [0.25, 0.3) is 0 Å². The van der Waals surface area contributed by atoms with Crippen LogP contribution in [0.4, 0.5) is 5.69 Å². The highest BCUT2D eigenvalue weighted by Gasteiger charge is 2.25. The lowest BCUT2D eigenvalue weighted by Gasteiger charge is -2.33. The normalized spacial score (nSPS) is 19.6. The average molecular weight is 297 g/mol. The Labute approximate surface area is 119 Å². The maximum atomic E-state index is 11.5. The Hall–Kier alpha value is -1.40. The third-order valence-corrected chi connectivity index (χ3v) is 4.64. The second kappa shape index (κ2) is 5.30. The van der Waals surface area contributed by atoms with Crippen molar-refractivity contribution in [2.45, 2.75) is 18.8 Å². The first-order chi connectivity index (χ1) is 9.25. The van der Waals surface area contributed by atoms with Crippen LogP contribution < -0.4 is 10.5 Å². The van der Waals surface area contributed by atoms with Gasteiger partial charge in [0.15, 0.2) is 0 Å². The predicted molar refractivity (Wildman–Crippen MR) is 76.2 cm³/mol. The smallest absolute Gasteiger partial charge is 0.285 e. The number of anilines is 1. The van der Waals surface area contributed by atoms with Crippen molar-refractivity contribution < 1.29 is 0 Å². The number of rotatable bonds is 2. The van der Waals surface area contributed by atoms with Gasteiger partial charge in [0.2, 0.25) is 0 Å². The number of thiazole rings is 1. The molecule has 2 aromatic rings. The van der Waals surface area contributed by atoms with Crippen LogP contribution in [0, 0.1) is 0 Å². The number of hydrogen-bond donors (Lipinski definition) is 1. The Balaban J connectivity index is 1.86. The van der Waals surface area contributed by atoms with Crippen LogP contribution >= 0.6 is 22.9 Å². The minimum atomic E-state index is -0.337. The molecule has 7 heteroatoms. The summed E-state index contributed by atoms with van der Waals surface area (Å²) in [5.41, 5.74) is 0.377. The largest absolute Gasteiger partial charge is 0.368 e. The summed E-state index contributed by atoms with van der Waals surface area (Å²) in [6.07, 6.45) is 5.64. The molecule has 1 atom stereocenters. The number of hydrogen-bond acceptors (Lipinski definition) is 5. The molecule has 0 spiro atoms. The van der Waals surface area contributed by atoms with Gasteiger partial charge in [0, 0.05) is 30.6 Å². The number of halogens is 1. The maximum absolute atomic E-state index is 11.5. The Kier molecular flexibility index (Phi) is 3.52. The third kappa shape index (κ3) is 2.50. The van der Waals surface area contributed by atoms with Gasteiger partial charge in [-0.1, -0.05) is 11.6 Å². The summed E-state index contributed by atoms with van der Waals surface area (Å²) in [5, 5.41) is 9.54. The number of piperidine rings is 1. The van der Waals surface area contributed by atoms with Gasteiger partial charge < -0.3 is 4.90 Å². The van der Waals surface area contributed by atoms with Gasteiger partial charge in [0.1, 0.15) is 5.02 Å². The zero-order chi connectivity index (χ0) is 13.2. The predicted octanol–water partition coefficient (Wildman–Crippen LogP) is 2.26. The van der Waals surface area contributed by atoms with Crippen LogP contribution in [-0.4, -0.2) is 28.3 Å². The van der Waals surface area contributed by atoms with E-state index in [9.17, 15) is 4.79 Å². The molecule has 0 aromatic carbocycles. The topological polar surface area (TPSA) is 61.9 Å². The van der Waals surface area contributed by atoms with Gasteiger partial charge in [0.05, 0.1) is 16.9 Å². The number of H-pyrrole nitrogens is 1. The molecular formula is C12H13ClN4OS. The molecule has 0 bridgehead atoms. The van der Waals surface area contributed by atoms with Crippen molar-refractivity contribution in [2.24, 2.45) is 0 Å². The van der Waals surface area contributed by atoms with Gasteiger partial charge in [0.25, 0.3) is 5.56 Å². The summed E-state index contributed by atoms with van der Waals surface area (Å²) in [5.74, 6) is 0.407. The number of aromatic nitrogens is 3. The Morgan fingerprint density at radius 3 is 3.21 bits per heavy atom. The van der Waals surface area contributed by atoms with Crippen LogP contribution in [0.2, 0.25) is 5.02 Å². The molecule has 3 heterocycles. The highest BCUT2D eigenvalue weighted by atomic mass is 35.5. The molecule has 5 nitrogen and oxygen atoms in total. The van der Waals surface area contributed by atoms with Crippen molar-refractivity contribution in [2.75, 3.05) is 18.0 Å². The summed E-state index contributed by atoms with van der Waals surface area (Å²) in [6, 6.07) is 0. The minimum absolute atomic E-state index is 0.217. The first kappa shape index (κ1) is 12.6. The Morgan fingerprint density at radius 2 is 2.42 bits per heavy atom. The van der Waals surface area contributed by atoms with Gasteiger partial charge in [-0.25, -0.2) is 10.1 Å². The summed E-state index contributed by atoms with van der Waals surface area (Å²) < 4.78 is 0. The fraction of sp³-hybridized carbons (Fsp3) is 0.417. The minimum Gasteiger partial charge on any atom is -0.368 e.